The first-order valence-electron chi connectivity index (χ1n) is 6.77. The highest BCUT2D eigenvalue weighted by Crippen LogP contribution is 2.32. The van der Waals surface area contributed by atoms with Gasteiger partial charge in [0.05, 0.1) is 5.60 Å². The Hall–Kier alpha value is -1.06. The molecule has 3 nitrogen and oxygen atoms in total. The van der Waals surface area contributed by atoms with E-state index in [0.717, 1.165) is 36.9 Å². The van der Waals surface area contributed by atoms with E-state index in [1.165, 1.54) is 5.56 Å². The van der Waals surface area contributed by atoms with Crippen LogP contribution in [0.25, 0.3) is 0 Å². The Morgan fingerprint density at radius 1 is 1.33 bits per heavy atom. The van der Waals surface area contributed by atoms with Crippen molar-refractivity contribution in [3.63, 3.8) is 0 Å². The summed E-state index contributed by atoms with van der Waals surface area (Å²) >= 11 is 0. The maximum absolute atomic E-state index is 10.5. The molecule has 3 N–H and O–H groups in total. The second kappa shape index (κ2) is 5.29. The molecule has 1 aromatic rings. The number of hydrogen-bond donors (Lipinski definition) is 2. The summed E-state index contributed by atoms with van der Waals surface area (Å²) in [5.74, 6) is 0. The van der Waals surface area contributed by atoms with Crippen molar-refractivity contribution in [3.8, 4) is 0 Å². The molecule has 2 rings (SSSR count). The van der Waals surface area contributed by atoms with Crippen molar-refractivity contribution >= 4 is 5.69 Å². The topological polar surface area (TPSA) is 49.5 Å². The van der Waals surface area contributed by atoms with Crippen molar-refractivity contribution in [3.05, 3.63) is 29.3 Å². The number of aryl methyl sites for hydroxylation is 1. The molecule has 0 aromatic heterocycles. The first kappa shape index (κ1) is 13.4. The molecule has 0 amide bonds. The third kappa shape index (κ3) is 2.85. The second-order valence-corrected chi connectivity index (χ2v) is 5.62. The van der Waals surface area contributed by atoms with Crippen molar-refractivity contribution in [2.45, 2.75) is 44.8 Å². The fourth-order valence-electron chi connectivity index (χ4n) is 2.92. The van der Waals surface area contributed by atoms with Crippen molar-refractivity contribution in [2.75, 3.05) is 18.5 Å². The van der Waals surface area contributed by atoms with Crippen molar-refractivity contribution in [1.29, 1.82) is 0 Å². The molecule has 0 aliphatic heterocycles. The van der Waals surface area contributed by atoms with Gasteiger partial charge in [-0.2, -0.15) is 0 Å². The Morgan fingerprint density at radius 3 is 2.61 bits per heavy atom. The quantitative estimate of drug-likeness (QED) is 0.859. The molecule has 1 saturated carbocycles. The average Bonchev–Trinajstić information content (AvgIpc) is 2.75. The molecule has 1 fully saturated rings. The van der Waals surface area contributed by atoms with Gasteiger partial charge in [0.15, 0.2) is 0 Å². The van der Waals surface area contributed by atoms with Gasteiger partial charge in [-0.25, -0.2) is 0 Å². The number of benzene rings is 1. The van der Waals surface area contributed by atoms with Gasteiger partial charge in [0.25, 0.3) is 0 Å². The average molecular weight is 248 g/mol. The molecular weight excluding hydrogens is 224 g/mol. The summed E-state index contributed by atoms with van der Waals surface area (Å²) in [7, 11) is 2.05. The van der Waals surface area contributed by atoms with Crippen LogP contribution in [0.2, 0.25) is 0 Å². The zero-order chi connectivity index (χ0) is 13.2. The maximum Gasteiger partial charge on any atom is 0.0821 e. The summed E-state index contributed by atoms with van der Waals surface area (Å²) in [4.78, 5) is 2.15. The standard InChI is InChI=1S/C15H24N2O/c1-12-5-6-13(10-16)14(9-12)17(2)11-15(18)7-3-4-8-15/h5-6,9,18H,3-4,7-8,10-11,16H2,1-2H3. The van der Waals surface area contributed by atoms with E-state index in [2.05, 4.69) is 30.0 Å². The van der Waals surface area contributed by atoms with Crippen LogP contribution < -0.4 is 10.6 Å². The number of hydrogen-bond acceptors (Lipinski definition) is 3. The highest BCUT2D eigenvalue weighted by molar-refractivity contribution is 5.55. The number of anilines is 1. The van der Waals surface area contributed by atoms with E-state index in [4.69, 9.17) is 5.73 Å². The molecule has 3 heteroatoms. The Labute approximate surface area is 110 Å². The van der Waals surface area contributed by atoms with E-state index < -0.39 is 5.60 Å². The lowest BCUT2D eigenvalue weighted by atomic mass is 10.0. The van der Waals surface area contributed by atoms with Gasteiger partial charge in [-0.05, 0) is 37.0 Å². The van der Waals surface area contributed by atoms with Gasteiger partial charge < -0.3 is 15.7 Å². The van der Waals surface area contributed by atoms with Crippen molar-refractivity contribution in [2.24, 2.45) is 5.73 Å². The predicted octanol–water partition coefficient (Wildman–Crippen LogP) is 2.20. The first-order valence-corrected chi connectivity index (χ1v) is 6.77. The first-order chi connectivity index (χ1) is 8.54. The van der Waals surface area contributed by atoms with Crippen LogP contribution in [-0.4, -0.2) is 24.3 Å². The summed E-state index contributed by atoms with van der Waals surface area (Å²) in [6, 6.07) is 6.32. The normalized spacial score (nSPS) is 18.0. The maximum atomic E-state index is 10.5. The smallest absolute Gasteiger partial charge is 0.0821 e. The van der Waals surface area contributed by atoms with Crippen LogP contribution in [0.3, 0.4) is 0 Å². The molecule has 0 heterocycles. The fourth-order valence-corrected chi connectivity index (χ4v) is 2.92. The molecule has 1 aliphatic rings. The molecule has 1 aliphatic carbocycles. The minimum atomic E-state index is -0.510. The monoisotopic (exact) mass is 248 g/mol. The van der Waals surface area contributed by atoms with Gasteiger partial charge >= 0.3 is 0 Å². The number of aliphatic hydroxyl groups is 1. The molecule has 0 saturated heterocycles. The largest absolute Gasteiger partial charge is 0.388 e. The summed E-state index contributed by atoms with van der Waals surface area (Å²) in [5.41, 5.74) is 8.80. The van der Waals surface area contributed by atoms with Crippen LogP contribution in [0.4, 0.5) is 5.69 Å². The minimum absolute atomic E-state index is 0.510. The summed E-state index contributed by atoms with van der Waals surface area (Å²) < 4.78 is 0. The molecule has 100 valence electrons. The van der Waals surface area contributed by atoms with E-state index >= 15 is 0 Å². The van der Waals surface area contributed by atoms with Crippen LogP contribution in [0.5, 0.6) is 0 Å². The third-order valence-corrected chi connectivity index (χ3v) is 3.94. The van der Waals surface area contributed by atoms with Crippen molar-refractivity contribution < 1.29 is 5.11 Å². The van der Waals surface area contributed by atoms with Crippen LogP contribution >= 0.6 is 0 Å². The fraction of sp³-hybridized carbons (Fsp3) is 0.600. The Morgan fingerprint density at radius 2 is 2.00 bits per heavy atom. The third-order valence-electron chi connectivity index (χ3n) is 3.94. The van der Waals surface area contributed by atoms with E-state index in [9.17, 15) is 5.11 Å². The van der Waals surface area contributed by atoms with Gasteiger partial charge in [-0.3, -0.25) is 0 Å². The van der Waals surface area contributed by atoms with E-state index in [1.807, 2.05) is 7.05 Å². The van der Waals surface area contributed by atoms with Gasteiger partial charge in [0.2, 0.25) is 0 Å². The molecule has 1 aromatic carbocycles. The number of rotatable bonds is 4. The summed E-state index contributed by atoms with van der Waals surface area (Å²) in [6.07, 6.45) is 4.12. The molecule has 0 bridgehead atoms. The van der Waals surface area contributed by atoms with Crippen molar-refractivity contribution in [1.82, 2.24) is 0 Å². The van der Waals surface area contributed by atoms with Crippen LogP contribution in [0.15, 0.2) is 18.2 Å². The predicted molar refractivity (Wildman–Crippen MR) is 75.8 cm³/mol. The molecule has 0 unspecified atom stereocenters. The summed E-state index contributed by atoms with van der Waals surface area (Å²) in [5, 5.41) is 10.5. The zero-order valence-electron chi connectivity index (χ0n) is 11.4. The molecule has 18 heavy (non-hydrogen) atoms. The molecule has 0 radical (unpaired) electrons. The van der Waals surface area contributed by atoms with E-state index in [1.54, 1.807) is 0 Å². The van der Waals surface area contributed by atoms with E-state index in [-0.39, 0.29) is 0 Å². The van der Waals surface area contributed by atoms with Gasteiger partial charge in [-0.1, -0.05) is 25.0 Å². The molecular formula is C15H24N2O. The molecule has 0 spiro atoms. The Bertz CT molecular complexity index is 411. The van der Waals surface area contributed by atoms with Gasteiger partial charge in [0, 0.05) is 25.8 Å². The lowest BCUT2D eigenvalue weighted by molar-refractivity contribution is 0.0559. The van der Waals surface area contributed by atoms with Crippen LogP contribution in [0.1, 0.15) is 36.8 Å². The minimum Gasteiger partial charge on any atom is -0.388 e. The number of nitrogens with two attached hydrogens (primary N) is 1. The number of likely N-dealkylation sites (N-methyl/N-ethyl adjacent to an activating group) is 1. The Kier molecular flexibility index (Phi) is 3.93. The van der Waals surface area contributed by atoms with Gasteiger partial charge in [0.1, 0.15) is 0 Å². The molecule has 0 atom stereocenters. The number of nitrogens with zero attached hydrogens (tertiary/aromatic N) is 1. The lowest BCUT2D eigenvalue weighted by Crippen LogP contribution is -2.39. The highest BCUT2D eigenvalue weighted by atomic mass is 16.3. The van der Waals surface area contributed by atoms with Crippen LogP contribution in [0, 0.1) is 6.92 Å². The summed E-state index contributed by atoms with van der Waals surface area (Å²) in [6.45, 7) is 3.32. The van der Waals surface area contributed by atoms with Crippen LogP contribution in [-0.2, 0) is 6.54 Å². The van der Waals surface area contributed by atoms with E-state index in [0.29, 0.717) is 13.1 Å². The zero-order valence-corrected chi connectivity index (χ0v) is 11.4. The highest BCUT2D eigenvalue weighted by Gasteiger charge is 2.32. The second-order valence-electron chi connectivity index (χ2n) is 5.62. The lowest BCUT2D eigenvalue weighted by Gasteiger charge is -2.31. The SMILES string of the molecule is Cc1ccc(CN)c(N(C)CC2(O)CCCC2)c1. The Balaban J connectivity index is 2.17. The van der Waals surface area contributed by atoms with Gasteiger partial charge in [-0.15, -0.1) is 0 Å².